The maximum atomic E-state index is 12.6. The van der Waals surface area contributed by atoms with Gasteiger partial charge < -0.3 is 10.0 Å². The third-order valence-electron chi connectivity index (χ3n) is 3.69. The lowest BCUT2D eigenvalue weighted by molar-refractivity contribution is -0.137. The van der Waals surface area contributed by atoms with Crippen LogP contribution in [0.15, 0.2) is 30.5 Å². The molecule has 1 aromatic heterocycles. The van der Waals surface area contributed by atoms with E-state index in [0.717, 1.165) is 11.3 Å². The molecule has 23 heavy (non-hydrogen) atoms. The molecule has 1 heterocycles. The minimum Gasteiger partial charge on any atom is -0.480 e. The predicted molar refractivity (Wildman–Crippen MR) is 86.9 cm³/mol. The number of hydrogen-bond donors (Lipinski definition) is 1. The Morgan fingerprint density at radius 3 is 2.57 bits per heavy atom. The summed E-state index contributed by atoms with van der Waals surface area (Å²) in [7, 11) is 0. The van der Waals surface area contributed by atoms with Crippen molar-refractivity contribution in [3.05, 3.63) is 47.3 Å². The summed E-state index contributed by atoms with van der Waals surface area (Å²) >= 11 is 0. The zero-order valence-electron chi connectivity index (χ0n) is 13.6. The molecule has 0 unspecified atom stereocenters. The first-order chi connectivity index (χ1) is 11.0. The lowest BCUT2D eigenvalue weighted by Crippen LogP contribution is -2.36. The quantitative estimate of drug-likeness (QED) is 0.888. The zero-order chi connectivity index (χ0) is 17.0. The summed E-state index contributed by atoms with van der Waals surface area (Å²) in [6.07, 6.45) is 2.21. The molecule has 0 spiro atoms. The first-order valence-electron chi connectivity index (χ1n) is 7.57. The molecule has 0 aliphatic heterocycles. The van der Waals surface area contributed by atoms with E-state index in [1.165, 1.54) is 11.1 Å². The highest BCUT2D eigenvalue weighted by molar-refractivity contribution is 5.96. The van der Waals surface area contributed by atoms with Crippen LogP contribution in [0.1, 0.15) is 35.0 Å². The number of hydrogen-bond acceptors (Lipinski definition) is 3. The first kappa shape index (κ1) is 16.7. The normalized spacial score (nSPS) is 10.6. The summed E-state index contributed by atoms with van der Waals surface area (Å²) in [5, 5.41) is 13.3. The summed E-state index contributed by atoms with van der Waals surface area (Å²) in [6, 6.07) is 7.77. The van der Waals surface area contributed by atoms with E-state index in [1.54, 1.807) is 4.68 Å². The van der Waals surface area contributed by atoms with Crippen LogP contribution in [0.25, 0.3) is 5.69 Å². The molecule has 1 amide bonds. The lowest BCUT2D eigenvalue weighted by Gasteiger charge is -2.19. The van der Waals surface area contributed by atoms with Crippen LogP contribution >= 0.6 is 0 Å². The second kappa shape index (κ2) is 7.09. The Hall–Kier alpha value is -2.63. The molecule has 0 saturated heterocycles. The fraction of sp³-hybridized carbons (Fsp3) is 0.353. The van der Waals surface area contributed by atoms with Crippen LogP contribution in [0.5, 0.6) is 0 Å². The lowest BCUT2D eigenvalue weighted by atomic mass is 10.2. The van der Waals surface area contributed by atoms with Crippen LogP contribution in [0.3, 0.4) is 0 Å². The Labute approximate surface area is 135 Å². The standard InChI is InChI=1S/C17H21N3O3/c1-4-9-19(11-16(21)22)17(23)14-10-18-20(13(14)3)15-8-6-5-7-12(15)2/h5-8,10H,4,9,11H2,1-3H3,(H,21,22). The van der Waals surface area contributed by atoms with Crippen molar-refractivity contribution < 1.29 is 14.7 Å². The van der Waals surface area contributed by atoms with E-state index in [0.29, 0.717) is 24.2 Å². The Morgan fingerprint density at radius 2 is 1.96 bits per heavy atom. The SMILES string of the molecule is CCCN(CC(=O)O)C(=O)c1cnn(-c2ccccc2C)c1C. The van der Waals surface area contributed by atoms with E-state index in [4.69, 9.17) is 5.11 Å². The van der Waals surface area contributed by atoms with Crippen molar-refractivity contribution in [2.75, 3.05) is 13.1 Å². The van der Waals surface area contributed by atoms with Crippen molar-refractivity contribution in [3.8, 4) is 5.69 Å². The highest BCUT2D eigenvalue weighted by Gasteiger charge is 2.22. The number of aryl methyl sites for hydroxylation is 1. The highest BCUT2D eigenvalue weighted by atomic mass is 16.4. The van der Waals surface area contributed by atoms with E-state index < -0.39 is 5.97 Å². The van der Waals surface area contributed by atoms with Crippen LogP contribution in [0.2, 0.25) is 0 Å². The molecule has 0 aliphatic rings. The number of carbonyl (C=O) groups is 2. The van der Waals surface area contributed by atoms with Crippen molar-refractivity contribution in [2.24, 2.45) is 0 Å². The van der Waals surface area contributed by atoms with Crippen LogP contribution < -0.4 is 0 Å². The maximum Gasteiger partial charge on any atom is 0.323 e. The average Bonchev–Trinajstić information content (AvgIpc) is 2.88. The van der Waals surface area contributed by atoms with Gasteiger partial charge in [-0.25, -0.2) is 4.68 Å². The van der Waals surface area contributed by atoms with E-state index in [9.17, 15) is 9.59 Å². The van der Waals surface area contributed by atoms with Gasteiger partial charge in [-0.05, 0) is 31.9 Å². The number of para-hydroxylation sites is 1. The molecule has 2 rings (SSSR count). The summed E-state index contributed by atoms with van der Waals surface area (Å²) in [6.45, 7) is 5.80. The minimum atomic E-state index is -1.02. The number of rotatable bonds is 6. The smallest absolute Gasteiger partial charge is 0.323 e. The fourth-order valence-electron chi connectivity index (χ4n) is 2.52. The van der Waals surface area contributed by atoms with Crippen LogP contribution in [-0.2, 0) is 4.79 Å². The largest absolute Gasteiger partial charge is 0.480 e. The third-order valence-corrected chi connectivity index (χ3v) is 3.69. The summed E-state index contributed by atoms with van der Waals surface area (Å²) in [5.41, 5.74) is 3.09. The van der Waals surface area contributed by atoms with Crippen molar-refractivity contribution in [1.29, 1.82) is 0 Å². The third kappa shape index (κ3) is 3.59. The van der Waals surface area contributed by atoms with Gasteiger partial charge in [-0.15, -0.1) is 0 Å². The van der Waals surface area contributed by atoms with E-state index in [-0.39, 0.29) is 12.5 Å². The van der Waals surface area contributed by atoms with Gasteiger partial charge in [0.1, 0.15) is 6.54 Å². The molecule has 122 valence electrons. The number of aliphatic carboxylic acids is 1. The van der Waals surface area contributed by atoms with Gasteiger partial charge in [0.15, 0.2) is 0 Å². The Kier molecular flexibility index (Phi) is 5.16. The molecule has 1 aromatic carbocycles. The number of nitrogens with zero attached hydrogens (tertiary/aromatic N) is 3. The van der Waals surface area contributed by atoms with Gasteiger partial charge in [0.25, 0.3) is 5.91 Å². The molecular weight excluding hydrogens is 294 g/mol. The van der Waals surface area contributed by atoms with Gasteiger partial charge in [0.05, 0.1) is 23.1 Å². The minimum absolute atomic E-state index is 0.299. The molecule has 6 nitrogen and oxygen atoms in total. The average molecular weight is 315 g/mol. The Bertz CT molecular complexity index is 722. The summed E-state index contributed by atoms with van der Waals surface area (Å²) in [4.78, 5) is 24.9. The summed E-state index contributed by atoms with van der Waals surface area (Å²) < 4.78 is 1.72. The molecule has 6 heteroatoms. The molecule has 2 aromatic rings. The Balaban J connectivity index is 2.36. The van der Waals surface area contributed by atoms with Gasteiger partial charge in [-0.3, -0.25) is 9.59 Å². The molecule has 0 atom stereocenters. The van der Waals surface area contributed by atoms with Gasteiger partial charge >= 0.3 is 5.97 Å². The number of amides is 1. The number of carboxylic acids is 1. The molecule has 1 N–H and O–H groups in total. The number of carbonyl (C=O) groups excluding carboxylic acids is 1. The van der Waals surface area contributed by atoms with Crippen molar-refractivity contribution in [1.82, 2.24) is 14.7 Å². The van der Waals surface area contributed by atoms with Crippen LogP contribution in [0, 0.1) is 13.8 Å². The fourth-order valence-corrected chi connectivity index (χ4v) is 2.52. The first-order valence-corrected chi connectivity index (χ1v) is 7.57. The number of aromatic nitrogens is 2. The van der Waals surface area contributed by atoms with Crippen LogP contribution in [0.4, 0.5) is 0 Å². The maximum absolute atomic E-state index is 12.6. The zero-order valence-corrected chi connectivity index (χ0v) is 13.6. The van der Waals surface area contributed by atoms with Crippen molar-refractivity contribution in [2.45, 2.75) is 27.2 Å². The van der Waals surface area contributed by atoms with Gasteiger partial charge in [-0.2, -0.15) is 5.10 Å². The van der Waals surface area contributed by atoms with Crippen molar-refractivity contribution in [3.63, 3.8) is 0 Å². The Morgan fingerprint density at radius 1 is 1.26 bits per heavy atom. The molecule has 0 fully saturated rings. The highest BCUT2D eigenvalue weighted by Crippen LogP contribution is 2.18. The van der Waals surface area contributed by atoms with Gasteiger partial charge in [0.2, 0.25) is 0 Å². The topological polar surface area (TPSA) is 75.4 Å². The second-order valence-electron chi connectivity index (χ2n) is 5.46. The van der Waals surface area contributed by atoms with E-state index in [2.05, 4.69) is 5.10 Å². The second-order valence-corrected chi connectivity index (χ2v) is 5.46. The van der Waals surface area contributed by atoms with Crippen molar-refractivity contribution >= 4 is 11.9 Å². The van der Waals surface area contributed by atoms with Gasteiger partial charge in [-0.1, -0.05) is 25.1 Å². The molecule has 0 radical (unpaired) electrons. The molecule has 0 aliphatic carbocycles. The molecular formula is C17H21N3O3. The molecule has 0 bridgehead atoms. The summed E-state index contributed by atoms with van der Waals surface area (Å²) in [5.74, 6) is -1.32. The van der Waals surface area contributed by atoms with Gasteiger partial charge in [0, 0.05) is 6.54 Å². The molecule has 0 saturated carbocycles. The van der Waals surface area contributed by atoms with E-state index in [1.807, 2.05) is 45.0 Å². The van der Waals surface area contributed by atoms with Crippen LogP contribution in [-0.4, -0.2) is 44.8 Å². The number of benzene rings is 1. The monoisotopic (exact) mass is 315 g/mol. The predicted octanol–water partition coefficient (Wildman–Crippen LogP) is 2.43. The van der Waals surface area contributed by atoms with E-state index >= 15 is 0 Å². The number of carboxylic acid groups (broad SMARTS) is 1.